The molecule has 11 heavy (non-hydrogen) atoms. The van der Waals surface area contributed by atoms with Gasteiger partial charge in [-0.15, -0.1) is 0 Å². The van der Waals surface area contributed by atoms with Crippen molar-refractivity contribution in [2.24, 2.45) is 0 Å². The normalized spacial score (nSPS) is 13.5. The van der Waals surface area contributed by atoms with Crippen molar-refractivity contribution in [2.45, 2.75) is 33.1 Å². The van der Waals surface area contributed by atoms with Gasteiger partial charge in [0.25, 0.3) is 0 Å². The molecule has 0 aliphatic heterocycles. The largest absolute Gasteiger partial charge is 0.361 e. The highest BCUT2D eigenvalue weighted by molar-refractivity contribution is 9.10. The summed E-state index contributed by atoms with van der Waals surface area (Å²) in [4.78, 5) is 3.35. The van der Waals surface area contributed by atoms with Gasteiger partial charge in [-0.1, -0.05) is 13.8 Å². The maximum absolute atomic E-state index is 3.53. The lowest BCUT2D eigenvalue weighted by atomic mass is 10.1. The van der Waals surface area contributed by atoms with Gasteiger partial charge < -0.3 is 4.98 Å². The zero-order valence-electron chi connectivity index (χ0n) is 7.24. The molecule has 0 radical (unpaired) electrons. The van der Waals surface area contributed by atoms with Crippen LogP contribution in [0.5, 0.6) is 0 Å². The van der Waals surface area contributed by atoms with Crippen LogP contribution in [0, 0.1) is 6.92 Å². The van der Waals surface area contributed by atoms with E-state index in [0.29, 0.717) is 5.92 Å². The lowest BCUT2D eigenvalue weighted by molar-refractivity contribution is 0.708. The molecular weight excluding hydrogens is 202 g/mol. The van der Waals surface area contributed by atoms with Gasteiger partial charge in [-0.2, -0.15) is 0 Å². The molecule has 0 saturated carbocycles. The van der Waals surface area contributed by atoms with E-state index in [4.69, 9.17) is 0 Å². The van der Waals surface area contributed by atoms with Gasteiger partial charge >= 0.3 is 0 Å². The van der Waals surface area contributed by atoms with Gasteiger partial charge in [0, 0.05) is 15.9 Å². The van der Waals surface area contributed by atoms with Gasteiger partial charge in [0.15, 0.2) is 0 Å². The van der Waals surface area contributed by atoms with Crippen molar-refractivity contribution in [2.75, 3.05) is 0 Å². The second kappa shape index (κ2) is 3.44. The Labute approximate surface area is 76.3 Å². The van der Waals surface area contributed by atoms with Crippen LogP contribution in [0.15, 0.2) is 10.5 Å². The summed E-state index contributed by atoms with van der Waals surface area (Å²) in [6.07, 6.45) is 1.18. The summed E-state index contributed by atoms with van der Waals surface area (Å²) in [5.74, 6) is 0.623. The summed E-state index contributed by atoms with van der Waals surface area (Å²) in [5, 5.41) is 0. The highest BCUT2D eigenvalue weighted by atomic mass is 79.9. The van der Waals surface area contributed by atoms with Crippen LogP contribution in [0.3, 0.4) is 0 Å². The third kappa shape index (κ3) is 1.86. The first-order chi connectivity index (χ1) is 5.15. The molecule has 0 aliphatic carbocycles. The van der Waals surface area contributed by atoms with E-state index in [9.17, 15) is 0 Å². The Balaban J connectivity index is 2.93. The molecule has 1 nitrogen and oxygen atoms in total. The van der Waals surface area contributed by atoms with Crippen molar-refractivity contribution in [3.8, 4) is 0 Å². The zero-order chi connectivity index (χ0) is 8.43. The topological polar surface area (TPSA) is 15.8 Å². The standard InChI is InChI=1S/C9H14BrN/c1-4-6(2)9-8(10)5-7(3)11-9/h5-6,11H,4H2,1-3H3. The number of nitrogens with one attached hydrogen (secondary N) is 1. The second-order valence-electron chi connectivity index (χ2n) is 3.02. The molecule has 62 valence electrons. The average molecular weight is 216 g/mol. The van der Waals surface area contributed by atoms with Crippen molar-refractivity contribution in [3.05, 3.63) is 21.9 Å². The molecule has 0 bridgehead atoms. The molecule has 1 aromatic rings. The van der Waals surface area contributed by atoms with Gasteiger partial charge in [0.2, 0.25) is 0 Å². The predicted molar refractivity (Wildman–Crippen MR) is 51.9 cm³/mol. The van der Waals surface area contributed by atoms with Crippen LogP contribution in [0.1, 0.15) is 37.6 Å². The molecule has 2 heteroatoms. The van der Waals surface area contributed by atoms with Crippen molar-refractivity contribution in [1.29, 1.82) is 0 Å². The molecule has 0 aromatic carbocycles. The van der Waals surface area contributed by atoms with Gasteiger partial charge in [0.1, 0.15) is 0 Å². The van der Waals surface area contributed by atoms with Gasteiger partial charge in [-0.05, 0) is 41.3 Å². The summed E-state index contributed by atoms with van der Waals surface area (Å²) in [7, 11) is 0. The van der Waals surface area contributed by atoms with Crippen molar-refractivity contribution < 1.29 is 0 Å². The Bertz CT molecular complexity index is 240. The molecule has 1 unspecified atom stereocenters. The van der Waals surface area contributed by atoms with Crippen LogP contribution in [-0.4, -0.2) is 4.98 Å². The second-order valence-corrected chi connectivity index (χ2v) is 3.88. The Morgan fingerprint density at radius 3 is 2.64 bits per heavy atom. The lowest BCUT2D eigenvalue weighted by Crippen LogP contribution is -1.92. The smallest absolute Gasteiger partial charge is 0.0388 e. The maximum atomic E-state index is 3.53. The molecule has 1 heterocycles. The van der Waals surface area contributed by atoms with E-state index >= 15 is 0 Å². The monoisotopic (exact) mass is 215 g/mol. The number of rotatable bonds is 2. The number of aryl methyl sites for hydroxylation is 1. The number of aromatic amines is 1. The van der Waals surface area contributed by atoms with Crippen LogP contribution in [-0.2, 0) is 0 Å². The summed E-state index contributed by atoms with van der Waals surface area (Å²) in [6.45, 7) is 6.51. The maximum Gasteiger partial charge on any atom is 0.0388 e. The molecule has 0 saturated heterocycles. The Kier molecular flexibility index (Phi) is 2.77. The quantitative estimate of drug-likeness (QED) is 0.777. The average Bonchev–Trinajstić information content (AvgIpc) is 2.28. The highest BCUT2D eigenvalue weighted by Gasteiger charge is 2.08. The fourth-order valence-corrected chi connectivity index (χ4v) is 1.97. The van der Waals surface area contributed by atoms with Gasteiger partial charge in [0.05, 0.1) is 0 Å². The van der Waals surface area contributed by atoms with Crippen LogP contribution in [0.2, 0.25) is 0 Å². The van der Waals surface area contributed by atoms with E-state index < -0.39 is 0 Å². The van der Waals surface area contributed by atoms with Crippen LogP contribution in [0.4, 0.5) is 0 Å². The number of H-pyrrole nitrogens is 1. The van der Waals surface area contributed by atoms with Crippen molar-refractivity contribution >= 4 is 15.9 Å². The third-order valence-electron chi connectivity index (χ3n) is 2.04. The molecule has 1 N–H and O–H groups in total. The predicted octanol–water partition coefficient (Wildman–Crippen LogP) is 3.60. The van der Waals surface area contributed by atoms with Gasteiger partial charge in [-0.25, -0.2) is 0 Å². The minimum Gasteiger partial charge on any atom is -0.361 e. The summed E-state index contributed by atoms with van der Waals surface area (Å²) >= 11 is 3.53. The molecule has 1 aromatic heterocycles. The Hall–Kier alpha value is -0.240. The Morgan fingerprint density at radius 2 is 2.27 bits per heavy atom. The minimum atomic E-state index is 0.623. The van der Waals surface area contributed by atoms with E-state index in [2.05, 4.69) is 47.8 Å². The third-order valence-corrected chi connectivity index (χ3v) is 2.69. The molecular formula is C9H14BrN. The number of hydrogen-bond acceptors (Lipinski definition) is 0. The molecule has 0 fully saturated rings. The minimum absolute atomic E-state index is 0.623. The highest BCUT2D eigenvalue weighted by Crippen LogP contribution is 2.26. The summed E-state index contributed by atoms with van der Waals surface area (Å²) < 4.78 is 1.21. The lowest BCUT2D eigenvalue weighted by Gasteiger charge is -2.05. The SMILES string of the molecule is CCC(C)c1[nH]c(C)cc1Br. The van der Waals surface area contributed by atoms with Crippen molar-refractivity contribution in [1.82, 2.24) is 4.98 Å². The van der Waals surface area contributed by atoms with E-state index in [1.807, 2.05) is 0 Å². The van der Waals surface area contributed by atoms with E-state index in [1.165, 1.54) is 22.3 Å². The first kappa shape index (κ1) is 8.85. The molecule has 0 amide bonds. The molecule has 0 aliphatic rings. The molecule has 1 rings (SSSR count). The van der Waals surface area contributed by atoms with Crippen molar-refractivity contribution in [3.63, 3.8) is 0 Å². The van der Waals surface area contributed by atoms with E-state index in [-0.39, 0.29) is 0 Å². The summed E-state index contributed by atoms with van der Waals surface area (Å²) in [5.41, 5.74) is 2.55. The molecule has 1 atom stereocenters. The Morgan fingerprint density at radius 1 is 1.64 bits per heavy atom. The fraction of sp³-hybridized carbons (Fsp3) is 0.556. The number of hydrogen-bond donors (Lipinski definition) is 1. The summed E-state index contributed by atoms with van der Waals surface area (Å²) in [6, 6.07) is 2.13. The first-order valence-electron chi connectivity index (χ1n) is 4.00. The zero-order valence-corrected chi connectivity index (χ0v) is 8.83. The fourth-order valence-electron chi connectivity index (χ4n) is 1.14. The number of aromatic nitrogens is 1. The first-order valence-corrected chi connectivity index (χ1v) is 4.79. The van der Waals surface area contributed by atoms with E-state index in [1.54, 1.807) is 0 Å². The molecule has 0 spiro atoms. The number of halogens is 1. The van der Waals surface area contributed by atoms with E-state index in [0.717, 1.165) is 0 Å². The van der Waals surface area contributed by atoms with Crippen LogP contribution >= 0.6 is 15.9 Å². The van der Waals surface area contributed by atoms with Crippen LogP contribution < -0.4 is 0 Å². The van der Waals surface area contributed by atoms with Gasteiger partial charge in [-0.3, -0.25) is 0 Å². The van der Waals surface area contributed by atoms with Crippen LogP contribution in [0.25, 0.3) is 0 Å².